The van der Waals surface area contributed by atoms with Crippen LogP contribution in [-0.4, -0.2) is 26.4 Å². The average Bonchev–Trinajstić information content (AvgIpc) is 3.02. The van der Waals surface area contributed by atoms with Crippen molar-refractivity contribution in [3.8, 4) is 22.5 Å². The molecule has 3 aromatic rings. The summed E-state index contributed by atoms with van der Waals surface area (Å²) in [6.07, 6.45) is 2.85. The van der Waals surface area contributed by atoms with Gasteiger partial charge in [-0.3, -0.25) is 14.1 Å². The number of nitrogens with zero attached hydrogens (tertiary/aromatic N) is 4. The molecule has 0 radical (unpaired) electrons. The molecule has 0 fully saturated rings. The van der Waals surface area contributed by atoms with E-state index >= 15 is 0 Å². The molecule has 1 unspecified atom stereocenters. The van der Waals surface area contributed by atoms with E-state index < -0.39 is 29.7 Å². The van der Waals surface area contributed by atoms with E-state index in [1.54, 1.807) is 4.68 Å². The molecule has 0 amide bonds. The lowest BCUT2D eigenvalue weighted by Gasteiger charge is -2.31. The third-order valence-corrected chi connectivity index (χ3v) is 4.94. The fraction of sp³-hybridized carbons (Fsp3) is 0.316. The van der Waals surface area contributed by atoms with Crippen LogP contribution in [0.3, 0.4) is 0 Å². The van der Waals surface area contributed by atoms with Gasteiger partial charge in [0.1, 0.15) is 17.3 Å². The van der Waals surface area contributed by atoms with E-state index in [4.69, 9.17) is 0 Å². The maximum Gasteiger partial charge on any atom is 0.213 e. The molecule has 0 saturated heterocycles. The highest BCUT2D eigenvalue weighted by molar-refractivity contribution is 5.81. The van der Waals surface area contributed by atoms with Crippen LogP contribution >= 0.6 is 0 Å². The maximum absolute atomic E-state index is 14.5. The molecule has 27 heavy (non-hydrogen) atoms. The van der Waals surface area contributed by atoms with E-state index in [1.165, 1.54) is 12.1 Å². The van der Waals surface area contributed by atoms with E-state index in [9.17, 15) is 17.6 Å². The Morgan fingerprint density at radius 2 is 1.96 bits per heavy atom. The van der Waals surface area contributed by atoms with Gasteiger partial charge in [0, 0.05) is 34.8 Å². The van der Waals surface area contributed by atoms with Crippen LogP contribution in [0.25, 0.3) is 22.5 Å². The summed E-state index contributed by atoms with van der Waals surface area (Å²) >= 11 is 0. The number of fused-ring (bicyclic) bond motifs is 1. The van der Waals surface area contributed by atoms with Crippen LogP contribution in [0.2, 0.25) is 0 Å². The average molecular weight is 376 g/mol. The molecular weight excluding hydrogens is 360 g/mol. The van der Waals surface area contributed by atoms with Crippen molar-refractivity contribution in [3.63, 3.8) is 0 Å². The summed E-state index contributed by atoms with van der Waals surface area (Å²) in [7, 11) is 0. The Morgan fingerprint density at radius 1 is 1.15 bits per heavy atom. The summed E-state index contributed by atoms with van der Waals surface area (Å²) in [5.41, 5.74) is 1.12. The van der Waals surface area contributed by atoms with Crippen molar-refractivity contribution in [1.29, 1.82) is 0 Å². The molecule has 1 aliphatic rings. The highest BCUT2D eigenvalue weighted by Crippen LogP contribution is 2.41. The highest BCUT2D eigenvalue weighted by Gasteiger charge is 2.34. The van der Waals surface area contributed by atoms with Gasteiger partial charge in [0.05, 0.1) is 24.8 Å². The zero-order chi connectivity index (χ0) is 19.2. The monoisotopic (exact) mass is 376 g/mol. The molecule has 0 aliphatic carbocycles. The third-order valence-electron chi connectivity index (χ3n) is 4.94. The fourth-order valence-corrected chi connectivity index (χ4v) is 3.43. The van der Waals surface area contributed by atoms with Gasteiger partial charge in [-0.1, -0.05) is 6.92 Å². The Balaban J connectivity index is 1.95. The predicted molar refractivity (Wildman–Crippen MR) is 91.0 cm³/mol. The van der Waals surface area contributed by atoms with Crippen LogP contribution < -0.4 is 0 Å². The predicted octanol–water partition coefficient (Wildman–Crippen LogP) is 4.35. The summed E-state index contributed by atoms with van der Waals surface area (Å²) in [6.45, 7) is 1.62. The molecule has 0 spiro atoms. The molecule has 0 N–H and O–H groups in total. The molecule has 0 saturated carbocycles. The van der Waals surface area contributed by atoms with Crippen molar-refractivity contribution in [2.75, 3.05) is 6.67 Å². The van der Waals surface area contributed by atoms with Gasteiger partial charge >= 0.3 is 0 Å². The second-order valence-corrected chi connectivity index (χ2v) is 7.12. The number of halogens is 4. The van der Waals surface area contributed by atoms with Gasteiger partial charge < -0.3 is 0 Å². The first-order valence-electron chi connectivity index (χ1n) is 8.49. The van der Waals surface area contributed by atoms with Crippen LogP contribution in [0.1, 0.15) is 19.0 Å². The molecule has 8 heteroatoms. The van der Waals surface area contributed by atoms with E-state index in [1.807, 2.05) is 6.92 Å². The topological polar surface area (TPSA) is 43.6 Å². The number of aromatic nitrogens is 4. The molecular formula is C19H16F4N4. The van der Waals surface area contributed by atoms with Crippen LogP contribution in [0.15, 0.2) is 30.6 Å². The maximum atomic E-state index is 14.5. The van der Waals surface area contributed by atoms with Gasteiger partial charge in [-0.2, -0.15) is 9.49 Å². The second-order valence-electron chi connectivity index (χ2n) is 7.12. The van der Waals surface area contributed by atoms with Crippen molar-refractivity contribution in [2.24, 2.45) is 5.41 Å². The number of rotatable bonds is 3. The summed E-state index contributed by atoms with van der Waals surface area (Å²) < 4.78 is 56.5. The first kappa shape index (κ1) is 17.6. The Kier molecular flexibility index (Phi) is 4.20. The second kappa shape index (κ2) is 6.44. The van der Waals surface area contributed by atoms with Gasteiger partial charge in [-0.25, -0.2) is 13.8 Å². The van der Waals surface area contributed by atoms with E-state index in [0.29, 0.717) is 42.0 Å². The quantitative estimate of drug-likeness (QED) is 0.504. The molecule has 4 nitrogen and oxygen atoms in total. The summed E-state index contributed by atoms with van der Waals surface area (Å²) in [4.78, 5) is 7.36. The van der Waals surface area contributed by atoms with Crippen molar-refractivity contribution in [2.45, 2.75) is 26.3 Å². The molecule has 140 valence electrons. The number of alkyl halides is 1. The van der Waals surface area contributed by atoms with Crippen molar-refractivity contribution in [3.05, 3.63) is 53.9 Å². The van der Waals surface area contributed by atoms with E-state index in [-0.39, 0.29) is 5.56 Å². The largest absolute Gasteiger partial charge is 0.268 e. The molecule has 0 bridgehead atoms. The Hall–Kier alpha value is -2.77. The van der Waals surface area contributed by atoms with Gasteiger partial charge in [-0.15, -0.1) is 0 Å². The molecule has 1 atom stereocenters. The van der Waals surface area contributed by atoms with Gasteiger partial charge in [-0.05, 0) is 25.0 Å². The summed E-state index contributed by atoms with van der Waals surface area (Å²) in [6, 6.07) is 3.65. The van der Waals surface area contributed by atoms with Gasteiger partial charge in [0.15, 0.2) is 0 Å². The van der Waals surface area contributed by atoms with Crippen molar-refractivity contribution < 1.29 is 17.6 Å². The fourth-order valence-electron chi connectivity index (χ4n) is 3.43. The first-order valence-corrected chi connectivity index (χ1v) is 8.49. The minimum Gasteiger partial charge on any atom is -0.268 e. The SMILES string of the molecule is CC1(CF)CCc2c(-c3cc(F)ncc3F)c(-c3ccc(F)cn3)nn2C1. The lowest BCUT2D eigenvalue weighted by Crippen LogP contribution is -2.32. The van der Waals surface area contributed by atoms with Crippen molar-refractivity contribution in [1.82, 2.24) is 19.7 Å². The molecule has 4 heterocycles. The Morgan fingerprint density at radius 3 is 2.67 bits per heavy atom. The Bertz CT molecular complexity index is 1000. The normalized spacial score (nSPS) is 19.1. The van der Waals surface area contributed by atoms with Crippen LogP contribution in [0, 0.1) is 23.0 Å². The Labute approximate surface area is 152 Å². The van der Waals surface area contributed by atoms with Crippen LogP contribution in [0.5, 0.6) is 0 Å². The van der Waals surface area contributed by atoms with E-state index in [2.05, 4.69) is 15.1 Å². The minimum absolute atomic E-state index is 0.00808. The van der Waals surface area contributed by atoms with E-state index in [0.717, 1.165) is 18.5 Å². The molecule has 0 aromatic carbocycles. The highest BCUT2D eigenvalue weighted by atomic mass is 19.1. The van der Waals surface area contributed by atoms with Gasteiger partial charge in [0.25, 0.3) is 0 Å². The molecule has 3 aromatic heterocycles. The van der Waals surface area contributed by atoms with Crippen LogP contribution in [-0.2, 0) is 13.0 Å². The minimum atomic E-state index is -0.825. The lowest BCUT2D eigenvalue weighted by atomic mass is 9.82. The third kappa shape index (κ3) is 3.09. The molecule has 4 rings (SSSR count). The zero-order valence-electron chi connectivity index (χ0n) is 14.5. The number of pyridine rings is 2. The lowest BCUT2D eigenvalue weighted by molar-refractivity contribution is 0.155. The zero-order valence-corrected chi connectivity index (χ0v) is 14.5. The summed E-state index contributed by atoms with van der Waals surface area (Å²) in [5.74, 6) is -2.04. The van der Waals surface area contributed by atoms with Crippen LogP contribution in [0.4, 0.5) is 17.6 Å². The molecule has 1 aliphatic heterocycles. The first-order chi connectivity index (χ1) is 12.9. The van der Waals surface area contributed by atoms with Gasteiger partial charge in [0.2, 0.25) is 5.95 Å². The standard InChI is InChI=1S/C19H16F4N4/c1-19(9-20)5-4-15-17(12-6-16(23)25-8-13(12)22)18(26-27(15)10-19)14-3-2-11(21)7-24-14/h2-3,6-8H,4-5,9-10H2,1H3. The summed E-state index contributed by atoms with van der Waals surface area (Å²) in [5, 5.41) is 4.50. The smallest absolute Gasteiger partial charge is 0.213 e. The number of hydrogen-bond acceptors (Lipinski definition) is 3. The van der Waals surface area contributed by atoms with Crippen molar-refractivity contribution >= 4 is 0 Å². The number of hydrogen-bond donors (Lipinski definition) is 0.